The molecule has 2 aromatic rings. The van der Waals surface area contributed by atoms with Gasteiger partial charge in [-0.25, -0.2) is 5.01 Å². The molecule has 2 N–H and O–H groups in total. The number of hydrogen-bond acceptors (Lipinski definition) is 5. The van der Waals surface area contributed by atoms with Gasteiger partial charge in [-0.15, -0.1) is 10.2 Å². The highest BCUT2D eigenvalue weighted by Gasteiger charge is 2.12. The molecule has 0 radical (unpaired) electrons. The molecule has 0 aliphatic carbocycles. The third-order valence-corrected chi connectivity index (χ3v) is 3.82. The van der Waals surface area contributed by atoms with E-state index in [1.54, 1.807) is 12.1 Å². The van der Waals surface area contributed by atoms with Gasteiger partial charge in [0.15, 0.2) is 11.5 Å². The van der Waals surface area contributed by atoms with E-state index in [2.05, 4.69) is 25.9 Å². The molecule has 6 nitrogen and oxygen atoms in total. The summed E-state index contributed by atoms with van der Waals surface area (Å²) in [7, 11) is 0. The zero-order valence-electron chi connectivity index (χ0n) is 13.0. The van der Waals surface area contributed by atoms with Crippen molar-refractivity contribution in [3.8, 4) is 0 Å². The first kappa shape index (κ1) is 15.4. The van der Waals surface area contributed by atoms with Crippen LogP contribution in [0.2, 0.25) is 0 Å². The Kier molecular flexibility index (Phi) is 5.16. The Morgan fingerprint density at radius 2 is 1.78 bits per heavy atom. The van der Waals surface area contributed by atoms with Crippen LogP contribution < -0.4 is 10.7 Å². The lowest BCUT2D eigenvalue weighted by Gasteiger charge is -2.26. The Balaban J connectivity index is 1.52. The second-order valence-electron chi connectivity index (χ2n) is 5.63. The van der Waals surface area contributed by atoms with Gasteiger partial charge in [0.1, 0.15) is 0 Å². The number of rotatable bonds is 5. The zero-order valence-corrected chi connectivity index (χ0v) is 13.0. The van der Waals surface area contributed by atoms with Gasteiger partial charge in [-0.1, -0.05) is 36.8 Å². The van der Waals surface area contributed by atoms with E-state index in [9.17, 15) is 4.79 Å². The summed E-state index contributed by atoms with van der Waals surface area (Å²) in [6.07, 6.45) is 3.67. The largest absolute Gasteiger partial charge is 0.347 e. The average molecular weight is 311 g/mol. The number of anilines is 1. The number of carbonyl (C=O) groups is 1. The highest BCUT2D eigenvalue weighted by molar-refractivity contribution is 5.92. The first-order chi connectivity index (χ1) is 11.3. The van der Waals surface area contributed by atoms with Gasteiger partial charge in [-0.05, 0) is 30.5 Å². The number of carbonyl (C=O) groups excluding carboxylic acids is 1. The Bertz CT molecular complexity index is 623. The molecule has 1 aromatic carbocycles. The molecule has 1 aliphatic heterocycles. The van der Waals surface area contributed by atoms with Crippen molar-refractivity contribution in [1.29, 1.82) is 0 Å². The Hall–Kier alpha value is -2.47. The van der Waals surface area contributed by atoms with Crippen LogP contribution in [0.1, 0.15) is 35.3 Å². The normalized spacial score (nSPS) is 15.1. The summed E-state index contributed by atoms with van der Waals surface area (Å²) in [5.41, 5.74) is 4.61. The molecule has 1 saturated heterocycles. The van der Waals surface area contributed by atoms with E-state index in [1.807, 2.05) is 30.3 Å². The number of aromatic nitrogens is 2. The lowest BCUT2D eigenvalue weighted by atomic mass is 10.2. The summed E-state index contributed by atoms with van der Waals surface area (Å²) < 4.78 is 0. The van der Waals surface area contributed by atoms with Crippen LogP contribution in [-0.2, 0) is 6.54 Å². The monoisotopic (exact) mass is 311 g/mol. The smallest absolute Gasteiger partial charge is 0.272 e. The van der Waals surface area contributed by atoms with Crippen LogP contribution in [-0.4, -0.2) is 34.2 Å². The van der Waals surface area contributed by atoms with Crippen molar-refractivity contribution in [3.63, 3.8) is 0 Å². The molecule has 2 heterocycles. The Morgan fingerprint density at radius 1 is 1.00 bits per heavy atom. The minimum Gasteiger partial charge on any atom is -0.347 e. The fourth-order valence-electron chi connectivity index (χ4n) is 2.55. The minimum atomic E-state index is -0.217. The summed E-state index contributed by atoms with van der Waals surface area (Å²) in [4.78, 5) is 12.1. The molecule has 1 aliphatic rings. The van der Waals surface area contributed by atoms with Crippen molar-refractivity contribution in [3.05, 3.63) is 53.7 Å². The van der Waals surface area contributed by atoms with Crippen molar-refractivity contribution >= 4 is 11.7 Å². The van der Waals surface area contributed by atoms with Gasteiger partial charge in [0.05, 0.1) is 0 Å². The van der Waals surface area contributed by atoms with Crippen LogP contribution in [0.3, 0.4) is 0 Å². The Labute approximate surface area is 135 Å². The van der Waals surface area contributed by atoms with E-state index in [-0.39, 0.29) is 5.91 Å². The predicted octanol–water partition coefficient (Wildman–Crippen LogP) is 2.22. The first-order valence-corrected chi connectivity index (χ1v) is 7.99. The first-order valence-electron chi connectivity index (χ1n) is 7.99. The van der Waals surface area contributed by atoms with Gasteiger partial charge in [0.25, 0.3) is 5.91 Å². The maximum atomic E-state index is 12.1. The number of nitrogens with zero attached hydrogens (tertiary/aromatic N) is 3. The predicted molar refractivity (Wildman–Crippen MR) is 88.7 cm³/mol. The van der Waals surface area contributed by atoms with Crippen LogP contribution in [0.4, 0.5) is 5.82 Å². The number of amides is 1. The fourth-order valence-corrected chi connectivity index (χ4v) is 2.55. The molecule has 3 rings (SSSR count). The molecule has 0 spiro atoms. The summed E-state index contributed by atoms with van der Waals surface area (Å²) >= 11 is 0. The SMILES string of the molecule is O=C(NCc1ccccc1)c1ccc(NN2CCCCC2)nn1. The number of benzene rings is 1. The van der Waals surface area contributed by atoms with Gasteiger partial charge in [0, 0.05) is 19.6 Å². The molecule has 0 unspecified atom stereocenters. The van der Waals surface area contributed by atoms with Crippen molar-refractivity contribution in [1.82, 2.24) is 20.5 Å². The van der Waals surface area contributed by atoms with E-state index < -0.39 is 0 Å². The standard InChI is InChI=1S/C17H21N5O/c23-17(18-13-14-7-3-1-4-8-14)15-9-10-16(20-19-15)21-22-11-5-2-6-12-22/h1,3-4,7-10H,2,5-6,11-13H2,(H,18,23)(H,20,21). The van der Waals surface area contributed by atoms with Gasteiger partial charge in [-0.2, -0.15) is 0 Å². The number of nitrogens with one attached hydrogen (secondary N) is 2. The lowest BCUT2D eigenvalue weighted by molar-refractivity contribution is 0.0945. The van der Waals surface area contributed by atoms with Crippen LogP contribution in [0, 0.1) is 0 Å². The van der Waals surface area contributed by atoms with E-state index >= 15 is 0 Å². The van der Waals surface area contributed by atoms with E-state index in [1.165, 1.54) is 19.3 Å². The van der Waals surface area contributed by atoms with Crippen LogP contribution in [0.25, 0.3) is 0 Å². The third-order valence-electron chi connectivity index (χ3n) is 3.82. The highest BCUT2D eigenvalue weighted by atomic mass is 16.1. The molecule has 1 amide bonds. The van der Waals surface area contributed by atoms with Crippen LogP contribution >= 0.6 is 0 Å². The van der Waals surface area contributed by atoms with Crippen LogP contribution in [0.5, 0.6) is 0 Å². The lowest BCUT2D eigenvalue weighted by Crippen LogP contribution is -2.35. The minimum absolute atomic E-state index is 0.217. The number of hydrogen-bond donors (Lipinski definition) is 2. The van der Waals surface area contributed by atoms with Gasteiger partial charge in [0.2, 0.25) is 0 Å². The Morgan fingerprint density at radius 3 is 2.48 bits per heavy atom. The summed E-state index contributed by atoms with van der Waals surface area (Å²) in [6.45, 7) is 2.51. The zero-order chi connectivity index (χ0) is 15.9. The van der Waals surface area contributed by atoms with Crippen molar-refractivity contribution in [2.75, 3.05) is 18.5 Å². The van der Waals surface area contributed by atoms with Crippen LogP contribution in [0.15, 0.2) is 42.5 Å². The molecule has 23 heavy (non-hydrogen) atoms. The molecule has 1 fully saturated rings. The van der Waals surface area contributed by atoms with Crippen molar-refractivity contribution < 1.29 is 4.79 Å². The molecule has 6 heteroatoms. The van der Waals surface area contributed by atoms with E-state index in [0.29, 0.717) is 18.1 Å². The third kappa shape index (κ3) is 4.50. The molecular formula is C17H21N5O. The van der Waals surface area contributed by atoms with E-state index in [4.69, 9.17) is 0 Å². The highest BCUT2D eigenvalue weighted by Crippen LogP contribution is 2.11. The molecule has 0 saturated carbocycles. The van der Waals surface area contributed by atoms with Crippen molar-refractivity contribution in [2.45, 2.75) is 25.8 Å². The molecular weight excluding hydrogens is 290 g/mol. The number of piperidine rings is 1. The molecule has 0 atom stereocenters. The summed E-state index contributed by atoms with van der Waals surface area (Å²) in [5, 5.41) is 13.1. The second-order valence-corrected chi connectivity index (χ2v) is 5.63. The summed E-state index contributed by atoms with van der Waals surface area (Å²) in [6, 6.07) is 13.3. The van der Waals surface area contributed by atoms with Gasteiger partial charge >= 0.3 is 0 Å². The van der Waals surface area contributed by atoms with Gasteiger partial charge < -0.3 is 10.7 Å². The fraction of sp³-hybridized carbons (Fsp3) is 0.353. The van der Waals surface area contributed by atoms with Crippen molar-refractivity contribution in [2.24, 2.45) is 0 Å². The average Bonchev–Trinajstić information content (AvgIpc) is 2.62. The molecule has 120 valence electrons. The maximum Gasteiger partial charge on any atom is 0.272 e. The number of hydrazine groups is 1. The summed E-state index contributed by atoms with van der Waals surface area (Å²) in [5.74, 6) is 0.456. The molecule has 1 aromatic heterocycles. The molecule has 0 bridgehead atoms. The quantitative estimate of drug-likeness (QED) is 0.886. The maximum absolute atomic E-state index is 12.1. The second kappa shape index (κ2) is 7.69. The van der Waals surface area contributed by atoms with E-state index in [0.717, 1.165) is 18.7 Å². The topological polar surface area (TPSA) is 70.2 Å². The van der Waals surface area contributed by atoms with Gasteiger partial charge in [-0.3, -0.25) is 4.79 Å².